The Kier molecular flexibility index (Phi) is 2.82. The lowest BCUT2D eigenvalue weighted by molar-refractivity contribution is 0.346. The zero-order valence-electron chi connectivity index (χ0n) is 8.57. The fraction of sp³-hybridized carbons (Fsp3) is 0.800. The van der Waals surface area contributed by atoms with Gasteiger partial charge in [0.2, 0.25) is 5.89 Å². The molecule has 0 radical (unpaired) electrons. The second-order valence-corrected chi connectivity index (χ2v) is 3.99. The maximum absolute atomic E-state index is 5.81. The van der Waals surface area contributed by atoms with E-state index in [0.29, 0.717) is 11.8 Å². The molecule has 0 aromatic carbocycles. The molecule has 1 aliphatic rings. The van der Waals surface area contributed by atoms with Crippen LogP contribution in [0.1, 0.15) is 62.7 Å². The summed E-state index contributed by atoms with van der Waals surface area (Å²) in [5, 5.41) is 4.00. The maximum Gasteiger partial charge on any atom is 0.243 e. The lowest BCUT2D eigenvalue weighted by Crippen LogP contribution is -2.09. The van der Waals surface area contributed by atoms with Crippen molar-refractivity contribution in [2.75, 3.05) is 0 Å². The molecule has 1 unspecified atom stereocenters. The zero-order valence-corrected chi connectivity index (χ0v) is 8.57. The van der Waals surface area contributed by atoms with E-state index in [0.717, 1.165) is 12.2 Å². The standard InChI is InChI=1S/C10H17N3O/c1-2-8(11)10-12-9(13-14-10)7-5-3-4-6-7/h7-8H,2-6,11H2,1H3. The van der Waals surface area contributed by atoms with Crippen LogP contribution in [0, 0.1) is 0 Å². The van der Waals surface area contributed by atoms with E-state index in [-0.39, 0.29) is 6.04 Å². The minimum Gasteiger partial charge on any atom is -0.338 e. The average Bonchev–Trinajstić information content (AvgIpc) is 2.86. The highest BCUT2D eigenvalue weighted by molar-refractivity contribution is 4.99. The second kappa shape index (κ2) is 4.09. The predicted octanol–water partition coefficient (Wildman–Crippen LogP) is 2.14. The molecule has 0 bridgehead atoms. The van der Waals surface area contributed by atoms with E-state index < -0.39 is 0 Å². The van der Waals surface area contributed by atoms with Crippen molar-refractivity contribution in [2.24, 2.45) is 5.73 Å². The van der Waals surface area contributed by atoms with Crippen LogP contribution < -0.4 is 5.73 Å². The highest BCUT2D eigenvalue weighted by Gasteiger charge is 2.23. The van der Waals surface area contributed by atoms with Gasteiger partial charge in [0, 0.05) is 5.92 Å². The van der Waals surface area contributed by atoms with Gasteiger partial charge in [-0.3, -0.25) is 0 Å². The molecule has 1 heterocycles. The summed E-state index contributed by atoms with van der Waals surface area (Å²) >= 11 is 0. The molecule has 0 aliphatic heterocycles. The van der Waals surface area contributed by atoms with Crippen LogP contribution >= 0.6 is 0 Å². The van der Waals surface area contributed by atoms with Crippen molar-refractivity contribution in [3.8, 4) is 0 Å². The molecular weight excluding hydrogens is 178 g/mol. The Labute approximate surface area is 83.9 Å². The molecular formula is C10H17N3O. The molecule has 0 spiro atoms. The number of hydrogen-bond acceptors (Lipinski definition) is 4. The summed E-state index contributed by atoms with van der Waals surface area (Å²) in [7, 11) is 0. The van der Waals surface area contributed by atoms with E-state index in [9.17, 15) is 0 Å². The third kappa shape index (κ3) is 1.80. The summed E-state index contributed by atoms with van der Waals surface area (Å²) in [5.74, 6) is 1.97. The van der Waals surface area contributed by atoms with Crippen LogP contribution in [0.15, 0.2) is 4.52 Å². The van der Waals surface area contributed by atoms with Crippen LogP contribution in [0.5, 0.6) is 0 Å². The van der Waals surface area contributed by atoms with Crippen molar-refractivity contribution < 1.29 is 4.52 Å². The van der Waals surface area contributed by atoms with Gasteiger partial charge in [-0.2, -0.15) is 4.98 Å². The first kappa shape index (κ1) is 9.65. The van der Waals surface area contributed by atoms with Crippen LogP contribution in [-0.4, -0.2) is 10.1 Å². The van der Waals surface area contributed by atoms with E-state index in [1.807, 2.05) is 6.92 Å². The fourth-order valence-electron chi connectivity index (χ4n) is 1.92. The van der Waals surface area contributed by atoms with E-state index in [4.69, 9.17) is 10.3 Å². The Balaban J connectivity index is 2.08. The average molecular weight is 195 g/mol. The highest BCUT2D eigenvalue weighted by atomic mass is 16.5. The van der Waals surface area contributed by atoms with Crippen LogP contribution in [0.2, 0.25) is 0 Å². The van der Waals surface area contributed by atoms with Gasteiger partial charge in [0.1, 0.15) is 0 Å². The van der Waals surface area contributed by atoms with Crippen molar-refractivity contribution in [3.63, 3.8) is 0 Å². The first-order chi connectivity index (χ1) is 6.81. The Morgan fingerprint density at radius 1 is 1.50 bits per heavy atom. The van der Waals surface area contributed by atoms with Gasteiger partial charge in [0.05, 0.1) is 6.04 Å². The molecule has 0 saturated heterocycles. The second-order valence-electron chi connectivity index (χ2n) is 3.99. The number of rotatable bonds is 3. The monoisotopic (exact) mass is 195 g/mol. The van der Waals surface area contributed by atoms with Crippen molar-refractivity contribution in [3.05, 3.63) is 11.7 Å². The molecule has 1 aromatic rings. The van der Waals surface area contributed by atoms with Gasteiger partial charge < -0.3 is 10.3 Å². The molecule has 1 aromatic heterocycles. The minimum absolute atomic E-state index is 0.0994. The number of hydrogen-bond donors (Lipinski definition) is 1. The van der Waals surface area contributed by atoms with Gasteiger partial charge in [0.15, 0.2) is 5.82 Å². The van der Waals surface area contributed by atoms with Gasteiger partial charge in [0.25, 0.3) is 0 Å². The summed E-state index contributed by atoms with van der Waals surface area (Å²) < 4.78 is 5.14. The van der Waals surface area contributed by atoms with Gasteiger partial charge in [-0.05, 0) is 19.3 Å². The predicted molar refractivity (Wildman–Crippen MR) is 52.7 cm³/mol. The lowest BCUT2D eigenvalue weighted by atomic mass is 10.1. The van der Waals surface area contributed by atoms with Crippen molar-refractivity contribution >= 4 is 0 Å². The molecule has 78 valence electrons. The lowest BCUT2D eigenvalue weighted by Gasteiger charge is -2.01. The quantitative estimate of drug-likeness (QED) is 0.802. The number of nitrogens with two attached hydrogens (primary N) is 1. The summed E-state index contributed by atoms with van der Waals surface area (Å²) in [5.41, 5.74) is 5.81. The largest absolute Gasteiger partial charge is 0.338 e. The molecule has 4 heteroatoms. The third-order valence-corrected chi connectivity index (χ3v) is 2.93. The van der Waals surface area contributed by atoms with Crippen LogP contribution in [0.3, 0.4) is 0 Å². The molecule has 1 fully saturated rings. The molecule has 14 heavy (non-hydrogen) atoms. The number of aromatic nitrogens is 2. The molecule has 1 atom stereocenters. The first-order valence-electron chi connectivity index (χ1n) is 5.40. The first-order valence-corrected chi connectivity index (χ1v) is 5.40. The van der Waals surface area contributed by atoms with E-state index in [2.05, 4.69) is 10.1 Å². The molecule has 4 nitrogen and oxygen atoms in total. The third-order valence-electron chi connectivity index (χ3n) is 2.93. The van der Waals surface area contributed by atoms with Crippen molar-refractivity contribution in [2.45, 2.75) is 51.0 Å². The molecule has 0 amide bonds. The van der Waals surface area contributed by atoms with Crippen LogP contribution in [0.25, 0.3) is 0 Å². The van der Waals surface area contributed by atoms with Crippen molar-refractivity contribution in [1.82, 2.24) is 10.1 Å². The summed E-state index contributed by atoms with van der Waals surface area (Å²) in [6, 6.07) is -0.0994. The van der Waals surface area contributed by atoms with Crippen molar-refractivity contribution in [1.29, 1.82) is 0 Å². The Hall–Kier alpha value is -0.900. The molecule has 1 saturated carbocycles. The van der Waals surface area contributed by atoms with E-state index >= 15 is 0 Å². The van der Waals surface area contributed by atoms with E-state index in [1.54, 1.807) is 0 Å². The van der Waals surface area contributed by atoms with Crippen LogP contribution in [0.4, 0.5) is 0 Å². The summed E-state index contributed by atoms with van der Waals surface area (Å²) in [6.45, 7) is 2.02. The maximum atomic E-state index is 5.81. The molecule has 1 aliphatic carbocycles. The highest BCUT2D eigenvalue weighted by Crippen LogP contribution is 2.32. The zero-order chi connectivity index (χ0) is 9.97. The van der Waals surface area contributed by atoms with Crippen LogP contribution in [-0.2, 0) is 0 Å². The van der Waals surface area contributed by atoms with Gasteiger partial charge in [-0.1, -0.05) is 24.9 Å². The van der Waals surface area contributed by atoms with Gasteiger partial charge in [-0.25, -0.2) is 0 Å². The normalized spacial score (nSPS) is 20.1. The molecule has 2 N–H and O–H groups in total. The molecule has 2 rings (SSSR count). The summed E-state index contributed by atoms with van der Waals surface area (Å²) in [4.78, 5) is 4.36. The Morgan fingerprint density at radius 2 is 2.21 bits per heavy atom. The topological polar surface area (TPSA) is 64.9 Å². The Bertz CT molecular complexity index is 291. The smallest absolute Gasteiger partial charge is 0.243 e. The van der Waals surface area contributed by atoms with E-state index in [1.165, 1.54) is 25.7 Å². The SMILES string of the molecule is CCC(N)c1nc(C2CCCC2)no1. The van der Waals surface area contributed by atoms with Gasteiger partial charge in [-0.15, -0.1) is 0 Å². The Morgan fingerprint density at radius 3 is 2.86 bits per heavy atom. The minimum atomic E-state index is -0.0994. The van der Waals surface area contributed by atoms with Gasteiger partial charge >= 0.3 is 0 Å². The number of nitrogens with zero attached hydrogens (tertiary/aromatic N) is 2. The summed E-state index contributed by atoms with van der Waals surface area (Å²) in [6.07, 6.45) is 5.80. The fourth-order valence-corrected chi connectivity index (χ4v) is 1.92.